The number of imide groups is 1. The Balaban J connectivity index is 2.87. The number of carbonyl (C=O) groups excluding carboxylic acids is 2. The van der Waals surface area contributed by atoms with Crippen molar-refractivity contribution >= 4 is 33.6 Å². The van der Waals surface area contributed by atoms with Crippen LogP contribution < -0.4 is 16.0 Å². The molecule has 1 aromatic carbocycles. The van der Waals surface area contributed by atoms with Gasteiger partial charge in [-0.3, -0.25) is 10.1 Å². The van der Waals surface area contributed by atoms with Crippen LogP contribution in [0.15, 0.2) is 22.7 Å². The molecule has 3 amide bonds. The van der Waals surface area contributed by atoms with Crippen LogP contribution in [-0.2, 0) is 11.0 Å². The summed E-state index contributed by atoms with van der Waals surface area (Å²) in [6, 6.07) is 1.44. The maximum absolute atomic E-state index is 12.6. The zero-order valence-corrected chi connectivity index (χ0v) is 12.7. The summed E-state index contributed by atoms with van der Waals surface area (Å²) in [7, 11) is 1.34. The molecule has 0 fully saturated rings. The van der Waals surface area contributed by atoms with Crippen LogP contribution in [0.3, 0.4) is 0 Å². The van der Waals surface area contributed by atoms with Gasteiger partial charge in [0.2, 0.25) is 5.91 Å². The van der Waals surface area contributed by atoms with Crippen molar-refractivity contribution in [2.24, 2.45) is 0 Å². The largest absolute Gasteiger partial charge is 0.416 e. The molecule has 3 N–H and O–H groups in total. The topological polar surface area (TPSA) is 70.2 Å². The Hall–Kier alpha value is -1.77. The number of urea groups is 1. The van der Waals surface area contributed by atoms with Crippen LogP contribution in [0.2, 0.25) is 0 Å². The van der Waals surface area contributed by atoms with Crippen LogP contribution in [0.5, 0.6) is 0 Å². The van der Waals surface area contributed by atoms with Crippen molar-refractivity contribution in [3.8, 4) is 0 Å². The van der Waals surface area contributed by atoms with Crippen molar-refractivity contribution in [1.29, 1.82) is 0 Å². The molecule has 1 atom stereocenters. The third-order valence-corrected chi connectivity index (χ3v) is 3.21. The summed E-state index contributed by atoms with van der Waals surface area (Å²) >= 11 is 3.10. The van der Waals surface area contributed by atoms with E-state index in [1.807, 2.05) is 5.32 Å². The highest BCUT2D eigenvalue weighted by atomic mass is 79.9. The zero-order valence-electron chi connectivity index (χ0n) is 11.1. The summed E-state index contributed by atoms with van der Waals surface area (Å²) < 4.78 is 38.3. The molecule has 5 nitrogen and oxygen atoms in total. The van der Waals surface area contributed by atoms with Gasteiger partial charge in [-0.25, -0.2) is 4.79 Å². The van der Waals surface area contributed by atoms with Crippen LogP contribution in [0.1, 0.15) is 12.5 Å². The lowest BCUT2D eigenvalue weighted by Gasteiger charge is -2.17. The molecule has 0 saturated heterocycles. The number of hydrogen-bond acceptors (Lipinski definition) is 3. The molecular formula is C12H13BrF3N3O2. The lowest BCUT2D eigenvalue weighted by Crippen LogP contribution is -2.44. The number of benzene rings is 1. The Morgan fingerprint density at radius 2 is 1.90 bits per heavy atom. The van der Waals surface area contributed by atoms with E-state index in [0.717, 1.165) is 12.1 Å². The molecule has 0 bridgehead atoms. The minimum atomic E-state index is -4.48. The highest BCUT2D eigenvalue weighted by Gasteiger charge is 2.31. The Bertz CT molecular complexity index is 549. The lowest BCUT2D eigenvalue weighted by molar-refractivity contribution is -0.137. The summed E-state index contributed by atoms with van der Waals surface area (Å²) in [6.07, 6.45) is -4.48. The van der Waals surface area contributed by atoms with Crippen molar-refractivity contribution in [2.75, 3.05) is 12.4 Å². The number of halogens is 4. The fraction of sp³-hybridized carbons (Fsp3) is 0.333. The molecule has 0 aliphatic rings. The minimum Gasteiger partial charge on any atom is -0.373 e. The lowest BCUT2D eigenvalue weighted by atomic mass is 10.2. The SMILES string of the molecule is CNC(=O)NC(=O)C(C)Nc1cc(C(F)(F)F)ccc1Br. The maximum atomic E-state index is 12.6. The normalized spacial score (nSPS) is 12.5. The van der Waals surface area contributed by atoms with E-state index in [1.54, 1.807) is 0 Å². The summed E-state index contributed by atoms with van der Waals surface area (Å²) in [5.41, 5.74) is -0.739. The Morgan fingerprint density at radius 3 is 2.43 bits per heavy atom. The molecule has 21 heavy (non-hydrogen) atoms. The quantitative estimate of drug-likeness (QED) is 0.769. The first-order chi connectivity index (χ1) is 9.65. The number of anilines is 1. The Labute approximate surface area is 127 Å². The van der Waals surface area contributed by atoms with Gasteiger partial charge in [-0.05, 0) is 41.1 Å². The summed E-state index contributed by atoms with van der Waals surface area (Å²) in [5, 5.41) is 6.84. The second-order valence-corrected chi connectivity index (χ2v) is 4.98. The predicted molar refractivity (Wildman–Crippen MR) is 74.8 cm³/mol. The van der Waals surface area contributed by atoms with Crippen molar-refractivity contribution in [1.82, 2.24) is 10.6 Å². The molecule has 1 aromatic rings. The van der Waals surface area contributed by atoms with E-state index in [-0.39, 0.29) is 5.69 Å². The summed E-state index contributed by atoms with van der Waals surface area (Å²) in [4.78, 5) is 22.6. The Morgan fingerprint density at radius 1 is 1.29 bits per heavy atom. The third kappa shape index (κ3) is 4.92. The number of rotatable bonds is 3. The van der Waals surface area contributed by atoms with E-state index in [4.69, 9.17) is 0 Å². The molecule has 1 unspecified atom stereocenters. The van der Waals surface area contributed by atoms with Gasteiger partial charge in [-0.2, -0.15) is 13.2 Å². The van der Waals surface area contributed by atoms with E-state index in [0.29, 0.717) is 4.47 Å². The average Bonchev–Trinajstić information content (AvgIpc) is 2.39. The van der Waals surface area contributed by atoms with E-state index in [9.17, 15) is 22.8 Å². The molecule has 0 heterocycles. The van der Waals surface area contributed by atoms with Crippen molar-refractivity contribution < 1.29 is 22.8 Å². The molecule has 116 valence electrons. The van der Waals surface area contributed by atoms with Crippen LogP contribution in [-0.4, -0.2) is 25.0 Å². The molecule has 0 aliphatic heterocycles. The van der Waals surface area contributed by atoms with E-state index in [1.165, 1.54) is 20.0 Å². The standard InChI is InChI=1S/C12H13BrF3N3O2/c1-6(10(20)19-11(21)17-2)18-9-5-7(12(14,15)16)3-4-8(9)13/h3-6,18H,1-2H3,(H2,17,19,20,21). The van der Waals surface area contributed by atoms with Crippen LogP contribution >= 0.6 is 15.9 Å². The number of carbonyl (C=O) groups is 2. The summed E-state index contributed by atoms with van der Waals surface area (Å²) in [5.74, 6) is -0.668. The second kappa shape index (κ2) is 6.79. The van der Waals surface area contributed by atoms with Crippen molar-refractivity contribution in [2.45, 2.75) is 19.1 Å². The monoisotopic (exact) mass is 367 g/mol. The maximum Gasteiger partial charge on any atom is 0.416 e. The van der Waals surface area contributed by atoms with Crippen LogP contribution in [0.4, 0.5) is 23.7 Å². The first-order valence-corrected chi connectivity index (χ1v) is 6.60. The molecule has 0 spiro atoms. The number of amides is 3. The van der Waals surface area contributed by atoms with E-state index in [2.05, 4.69) is 26.6 Å². The number of nitrogens with one attached hydrogen (secondary N) is 3. The van der Waals surface area contributed by atoms with Crippen molar-refractivity contribution in [3.63, 3.8) is 0 Å². The van der Waals surface area contributed by atoms with Gasteiger partial charge in [0.15, 0.2) is 0 Å². The highest BCUT2D eigenvalue weighted by molar-refractivity contribution is 9.10. The zero-order chi connectivity index (χ0) is 16.2. The smallest absolute Gasteiger partial charge is 0.373 e. The van der Waals surface area contributed by atoms with Gasteiger partial charge in [0.05, 0.1) is 5.56 Å². The predicted octanol–water partition coefficient (Wildman–Crippen LogP) is 2.72. The minimum absolute atomic E-state index is 0.101. The first kappa shape index (κ1) is 17.3. The van der Waals surface area contributed by atoms with Gasteiger partial charge < -0.3 is 10.6 Å². The van der Waals surface area contributed by atoms with E-state index < -0.39 is 29.7 Å². The van der Waals surface area contributed by atoms with Gasteiger partial charge in [0, 0.05) is 17.2 Å². The second-order valence-electron chi connectivity index (χ2n) is 4.13. The van der Waals surface area contributed by atoms with E-state index >= 15 is 0 Å². The van der Waals surface area contributed by atoms with Crippen molar-refractivity contribution in [3.05, 3.63) is 28.2 Å². The molecule has 0 radical (unpaired) electrons. The molecule has 9 heteroatoms. The molecule has 1 rings (SSSR count). The number of alkyl halides is 3. The van der Waals surface area contributed by atoms with Crippen LogP contribution in [0.25, 0.3) is 0 Å². The highest BCUT2D eigenvalue weighted by Crippen LogP contribution is 2.34. The molecule has 0 saturated carbocycles. The van der Waals surface area contributed by atoms with Gasteiger partial charge in [-0.15, -0.1) is 0 Å². The van der Waals surface area contributed by atoms with Gasteiger partial charge >= 0.3 is 12.2 Å². The Kier molecular flexibility index (Phi) is 5.59. The number of hydrogen-bond donors (Lipinski definition) is 3. The first-order valence-electron chi connectivity index (χ1n) is 5.81. The molecular weight excluding hydrogens is 355 g/mol. The fourth-order valence-electron chi connectivity index (χ4n) is 1.39. The van der Waals surface area contributed by atoms with Gasteiger partial charge in [0.25, 0.3) is 0 Å². The van der Waals surface area contributed by atoms with Crippen LogP contribution in [0, 0.1) is 0 Å². The van der Waals surface area contributed by atoms with Gasteiger partial charge in [0.1, 0.15) is 6.04 Å². The molecule has 0 aromatic heterocycles. The molecule has 0 aliphatic carbocycles. The fourth-order valence-corrected chi connectivity index (χ4v) is 1.75. The summed E-state index contributed by atoms with van der Waals surface area (Å²) in [6.45, 7) is 1.42. The third-order valence-electron chi connectivity index (χ3n) is 2.52. The average molecular weight is 368 g/mol. The van der Waals surface area contributed by atoms with Gasteiger partial charge in [-0.1, -0.05) is 0 Å².